The molecule has 0 amide bonds. The molecule has 0 bridgehead atoms. The Morgan fingerprint density at radius 1 is 1.03 bits per heavy atom. The summed E-state index contributed by atoms with van der Waals surface area (Å²) >= 11 is 0. The van der Waals surface area contributed by atoms with Crippen molar-refractivity contribution in [2.24, 2.45) is 0 Å². The van der Waals surface area contributed by atoms with Crippen molar-refractivity contribution in [1.82, 2.24) is 14.3 Å². The van der Waals surface area contributed by atoms with Crippen molar-refractivity contribution in [3.63, 3.8) is 0 Å². The fraction of sp³-hybridized carbons (Fsp3) is 0.333. The maximum absolute atomic E-state index is 13.0. The van der Waals surface area contributed by atoms with Crippen LogP contribution in [0.25, 0.3) is 10.9 Å². The monoisotopic (exact) mass is 473 g/mol. The van der Waals surface area contributed by atoms with Crippen LogP contribution in [-0.4, -0.2) is 74.1 Å². The third-order valence-corrected chi connectivity index (χ3v) is 7.18. The fourth-order valence-corrected chi connectivity index (χ4v) is 5.07. The molecule has 0 spiro atoms. The van der Waals surface area contributed by atoms with Gasteiger partial charge in [-0.05, 0) is 18.2 Å². The van der Waals surface area contributed by atoms with Crippen LogP contribution >= 0.6 is 0 Å². The molecule has 11 nitrogen and oxygen atoms in total. The number of hydrogen-bond acceptors (Lipinski definition) is 9. The first-order valence-corrected chi connectivity index (χ1v) is 11.7. The lowest BCUT2D eigenvalue weighted by atomic mass is 10.2. The van der Waals surface area contributed by atoms with Crippen LogP contribution in [0.3, 0.4) is 0 Å². The molecule has 1 aliphatic heterocycles. The van der Waals surface area contributed by atoms with Crippen LogP contribution in [0, 0.1) is 10.1 Å². The van der Waals surface area contributed by atoms with Gasteiger partial charge in [-0.3, -0.25) is 10.1 Å². The van der Waals surface area contributed by atoms with Crippen LogP contribution in [-0.2, 0) is 14.8 Å². The van der Waals surface area contributed by atoms with Crippen molar-refractivity contribution in [3.8, 4) is 6.01 Å². The zero-order valence-electron chi connectivity index (χ0n) is 18.0. The number of aromatic nitrogens is 2. The number of piperazine rings is 1. The van der Waals surface area contributed by atoms with Crippen molar-refractivity contribution in [1.29, 1.82) is 0 Å². The highest BCUT2D eigenvalue weighted by Crippen LogP contribution is 2.28. The Hall–Kier alpha value is -3.35. The summed E-state index contributed by atoms with van der Waals surface area (Å²) in [5.41, 5.74) is 0.463. The molecule has 12 heteroatoms. The van der Waals surface area contributed by atoms with E-state index in [0.29, 0.717) is 32.1 Å². The van der Waals surface area contributed by atoms with E-state index < -0.39 is 14.9 Å². The molecule has 0 radical (unpaired) electrons. The number of para-hydroxylation sites is 1. The number of non-ortho nitro benzene ring substituents is 1. The van der Waals surface area contributed by atoms with Crippen LogP contribution in [0.4, 0.5) is 11.5 Å². The van der Waals surface area contributed by atoms with Gasteiger partial charge in [0.15, 0.2) is 0 Å². The molecule has 0 unspecified atom stereocenters. The van der Waals surface area contributed by atoms with Gasteiger partial charge in [0.05, 0.1) is 21.9 Å². The number of anilines is 1. The first-order chi connectivity index (χ1) is 15.9. The summed E-state index contributed by atoms with van der Waals surface area (Å²) in [6.45, 7) is 1.93. The van der Waals surface area contributed by atoms with Crippen LogP contribution in [0.1, 0.15) is 0 Å². The normalized spacial score (nSPS) is 15.0. The first kappa shape index (κ1) is 22.8. The van der Waals surface area contributed by atoms with Gasteiger partial charge in [0.1, 0.15) is 12.4 Å². The maximum atomic E-state index is 13.0. The summed E-state index contributed by atoms with van der Waals surface area (Å²) in [6.07, 6.45) is 0. The van der Waals surface area contributed by atoms with Crippen molar-refractivity contribution >= 4 is 32.4 Å². The van der Waals surface area contributed by atoms with E-state index in [1.807, 2.05) is 29.2 Å². The van der Waals surface area contributed by atoms with Gasteiger partial charge in [0.2, 0.25) is 10.0 Å². The minimum atomic E-state index is -3.86. The molecule has 33 heavy (non-hydrogen) atoms. The van der Waals surface area contributed by atoms with Gasteiger partial charge in [0.25, 0.3) is 5.69 Å². The molecule has 1 aliphatic rings. The first-order valence-electron chi connectivity index (χ1n) is 10.3. The summed E-state index contributed by atoms with van der Waals surface area (Å²) in [6, 6.07) is 12.9. The SMILES string of the molecule is COCCOc1nc(N2CCN(S(=O)(=O)c3cccc([N+](=O)[O-])c3)CC2)c2ccccc2n1. The zero-order valence-corrected chi connectivity index (χ0v) is 18.8. The Balaban J connectivity index is 1.55. The van der Waals surface area contributed by atoms with Crippen LogP contribution in [0.2, 0.25) is 0 Å². The number of methoxy groups -OCH3 is 1. The lowest BCUT2D eigenvalue weighted by Gasteiger charge is -2.35. The lowest BCUT2D eigenvalue weighted by molar-refractivity contribution is -0.385. The number of nitro groups is 1. The van der Waals surface area contributed by atoms with E-state index in [-0.39, 0.29) is 29.7 Å². The number of benzene rings is 2. The summed E-state index contributed by atoms with van der Waals surface area (Å²) < 4.78 is 38.0. The third-order valence-electron chi connectivity index (χ3n) is 5.29. The second-order valence-corrected chi connectivity index (χ2v) is 9.27. The number of hydrogen-bond donors (Lipinski definition) is 0. The molecule has 1 aromatic heterocycles. The van der Waals surface area contributed by atoms with Gasteiger partial charge in [-0.15, -0.1) is 0 Å². The van der Waals surface area contributed by atoms with Crippen molar-refractivity contribution < 1.29 is 22.8 Å². The molecule has 2 heterocycles. The van der Waals surface area contributed by atoms with Gasteiger partial charge >= 0.3 is 6.01 Å². The number of rotatable bonds is 8. The quantitative estimate of drug-likeness (QED) is 0.274. The molecule has 1 saturated heterocycles. The number of nitro benzene ring substituents is 1. The second-order valence-electron chi connectivity index (χ2n) is 7.33. The number of nitrogens with zero attached hydrogens (tertiary/aromatic N) is 5. The van der Waals surface area contributed by atoms with Crippen LogP contribution in [0.15, 0.2) is 53.4 Å². The Morgan fingerprint density at radius 2 is 1.79 bits per heavy atom. The predicted molar refractivity (Wildman–Crippen MR) is 121 cm³/mol. The molecule has 0 N–H and O–H groups in total. The van der Waals surface area contributed by atoms with Crippen LogP contribution in [0.5, 0.6) is 6.01 Å². The van der Waals surface area contributed by atoms with Gasteiger partial charge < -0.3 is 14.4 Å². The Bertz CT molecular complexity index is 1260. The molecular weight excluding hydrogens is 450 g/mol. The van der Waals surface area contributed by atoms with Gasteiger partial charge in [0, 0.05) is 50.8 Å². The van der Waals surface area contributed by atoms with Crippen molar-refractivity contribution in [3.05, 3.63) is 58.6 Å². The van der Waals surface area contributed by atoms with E-state index in [1.54, 1.807) is 7.11 Å². The van der Waals surface area contributed by atoms with Gasteiger partial charge in [-0.1, -0.05) is 18.2 Å². The molecule has 0 aliphatic carbocycles. The molecule has 1 fully saturated rings. The van der Waals surface area contributed by atoms with Gasteiger partial charge in [-0.25, -0.2) is 8.42 Å². The van der Waals surface area contributed by atoms with E-state index in [2.05, 4.69) is 9.97 Å². The Labute approximate surface area is 190 Å². The largest absolute Gasteiger partial charge is 0.461 e. The molecule has 2 aromatic carbocycles. The molecule has 174 valence electrons. The van der Waals surface area contributed by atoms with E-state index in [9.17, 15) is 18.5 Å². The van der Waals surface area contributed by atoms with Gasteiger partial charge in [-0.2, -0.15) is 14.3 Å². The maximum Gasteiger partial charge on any atom is 0.319 e. The smallest absolute Gasteiger partial charge is 0.319 e. The van der Waals surface area contributed by atoms with Crippen molar-refractivity contribution in [2.75, 3.05) is 51.4 Å². The second kappa shape index (κ2) is 9.65. The summed E-state index contributed by atoms with van der Waals surface area (Å²) in [4.78, 5) is 21.3. The summed E-state index contributed by atoms with van der Waals surface area (Å²) in [5.74, 6) is 0.667. The molecule has 0 saturated carbocycles. The minimum absolute atomic E-state index is 0.0912. The predicted octanol–water partition coefficient (Wildman–Crippen LogP) is 2.07. The molecule has 0 atom stereocenters. The van der Waals surface area contributed by atoms with Crippen molar-refractivity contribution in [2.45, 2.75) is 4.90 Å². The Morgan fingerprint density at radius 3 is 2.52 bits per heavy atom. The topological polar surface area (TPSA) is 128 Å². The zero-order chi connectivity index (χ0) is 23.4. The van der Waals surface area contributed by atoms with E-state index in [4.69, 9.17) is 9.47 Å². The summed E-state index contributed by atoms with van der Waals surface area (Å²) in [7, 11) is -2.28. The lowest BCUT2D eigenvalue weighted by Crippen LogP contribution is -2.49. The standard InChI is InChI=1S/C21H23N5O6S/c1-31-13-14-32-21-22-19-8-3-2-7-18(19)20(23-21)24-9-11-25(12-10-24)33(29,30)17-6-4-5-16(15-17)26(27)28/h2-8,15H,9-14H2,1H3. The third kappa shape index (κ3) is 4.87. The van der Waals surface area contributed by atoms with Crippen LogP contribution < -0.4 is 9.64 Å². The van der Waals surface area contributed by atoms with E-state index in [0.717, 1.165) is 17.0 Å². The minimum Gasteiger partial charge on any atom is -0.461 e. The fourth-order valence-electron chi connectivity index (χ4n) is 3.61. The highest BCUT2D eigenvalue weighted by atomic mass is 32.2. The molecular formula is C21H23N5O6S. The average molecular weight is 474 g/mol. The molecule has 4 rings (SSSR count). The number of fused-ring (bicyclic) bond motifs is 1. The molecule has 3 aromatic rings. The van der Waals surface area contributed by atoms with E-state index in [1.165, 1.54) is 22.5 Å². The van der Waals surface area contributed by atoms with E-state index >= 15 is 0 Å². The average Bonchev–Trinajstić information content (AvgIpc) is 2.84. The number of ether oxygens (including phenoxy) is 2. The summed E-state index contributed by atoms with van der Waals surface area (Å²) in [5, 5.41) is 11.9. The highest BCUT2D eigenvalue weighted by Gasteiger charge is 2.30. The number of sulfonamides is 1. The highest BCUT2D eigenvalue weighted by molar-refractivity contribution is 7.89. The Kier molecular flexibility index (Phi) is 6.67.